The molecule has 1 rings (SSSR count). The second-order valence-corrected chi connectivity index (χ2v) is 3.62. The largest absolute Gasteiger partial charge is 0.469 e. The summed E-state index contributed by atoms with van der Waals surface area (Å²) in [6, 6.07) is 0. The highest BCUT2D eigenvalue weighted by Gasteiger charge is 2.38. The number of carbonyl (C=O) groups is 2. The lowest BCUT2D eigenvalue weighted by Gasteiger charge is -2.29. The van der Waals surface area contributed by atoms with E-state index < -0.39 is 5.41 Å². The molecule has 1 aliphatic rings. The Kier molecular flexibility index (Phi) is 2.50. The van der Waals surface area contributed by atoms with E-state index in [0.717, 1.165) is 12.8 Å². The van der Waals surface area contributed by atoms with Gasteiger partial charge in [-0.3, -0.25) is 9.59 Å². The molecule has 1 saturated carbocycles. The summed E-state index contributed by atoms with van der Waals surface area (Å²) in [5.41, 5.74) is -0.552. The topological polar surface area (TPSA) is 43.4 Å². The minimum Gasteiger partial charge on any atom is -0.469 e. The van der Waals surface area contributed by atoms with Gasteiger partial charge in [-0.05, 0) is 19.8 Å². The minimum absolute atomic E-state index is 0.175. The molecule has 1 fully saturated rings. The molecule has 0 spiro atoms. The number of ether oxygens (including phenoxy) is 1. The molecule has 68 valence electrons. The normalized spacial score (nSPS) is 30.0. The van der Waals surface area contributed by atoms with Crippen molar-refractivity contribution in [3.63, 3.8) is 0 Å². The summed E-state index contributed by atoms with van der Waals surface area (Å²) in [7, 11) is 1.37. The number of carbonyl (C=O) groups excluding carboxylic acids is 2. The van der Waals surface area contributed by atoms with E-state index in [1.807, 2.05) is 0 Å². The zero-order valence-corrected chi connectivity index (χ0v) is 7.55. The maximum absolute atomic E-state index is 11.3. The van der Waals surface area contributed by atoms with E-state index in [9.17, 15) is 9.59 Å². The number of ketones is 1. The molecule has 1 unspecified atom stereocenters. The van der Waals surface area contributed by atoms with Crippen LogP contribution in [0, 0.1) is 5.41 Å². The highest BCUT2D eigenvalue weighted by molar-refractivity contribution is 5.87. The van der Waals surface area contributed by atoms with E-state index in [1.54, 1.807) is 6.92 Å². The van der Waals surface area contributed by atoms with Gasteiger partial charge in [0.1, 0.15) is 5.78 Å². The third-order valence-electron chi connectivity index (χ3n) is 2.45. The Bertz CT molecular complexity index is 210. The Morgan fingerprint density at radius 3 is 2.75 bits per heavy atom. The quantitative estimate of drug-likeness (QED) is 0.557. The molecule has 1 aliphatic carbocycles. The van der Waals surface area contributed by atoms with Crippen LogP contribution in [0.2, 0.25) is 0 Å². The maximum atomic E-state index is 11.3. The molecule has 3 heteroatoms. The summed E-state index contributed by atoms with van der Waals surface area (Å²) in [5, 5.41) is 0. The summed E-state index contributed by atoms with van der Waals surface area (Å²) in [6.07, 6.45) is 2.54. The SMILES string of the molecule is COC(=O)C1(C)CCCC(=O)C1. The van der Waals surface area contributed by atoms with Crippen molar-refractivity contribution in [1.29, 1.82) is 0 Å². The molecule has 0 aliphatic heterocycles. The second-order valence-electron chi connectivity index (χ2n) is 3.62. The molecule has 0 bridgehead atoms. The predicted molar refractivity (Wildman–Crippen MR) is 43.6 cm³/mol. The summed E-state index contributed by atoms with van der Waals surface area (Å²) < 4.78 is 4.65. The molecule has 0 aromatic rings. The summed E-state index contributed by atoms with van der Waals surface area (Å²) in [4.78, 5) is 22.4. The van der Waals surface area contributed by atoms with Crippen molar-refractivity contribution in [3.8, 4) is 0 Å². The van der Waals surface area contributed by atoms with Crippen LogP contribution in [-0.2, 0) is 14.3 Å². The molecular weight excluding hydrogens is 156 g/mol. The van der Waals surface area contributed by atoms with E-state index in [2.05, 4.69) is 4.74 Å². The van der Waals surface area contributed by atoms with Gasteiger partial charge < -0.3 is 4.74 Å². The van der Waals surface area contributed by atoms with E-state index >= 15 is 0 Å². The molecule has 1 atom stereocenters. The molecule has 0 heterocycles. The van der Waals surface area contributed by atoms with Crippen molar-refractivity contribution in [3.05, 3.63) is 0 Å². The summed E-state index contributed by atoms with van der Waals surface area (Å²) in [5.74, 6) is -0.0790. The lowest BCUT2D eigenvalue weighted by atomic mass is 9.75. The van der Waals surface area contributed by atoms with Gasteiger partial charge in [0, 0.05) is 12.8 Å². The first-order valence-electron chi connectivity index (χ1n) is 4.18. The van der Waals surface area contributed by atoms with Crippen LogP contribution in [0.4, 0.5) is 0 Å². The lowest BCUT2D eigenvalue weighted by molar-refractivity contribution is -0.155. The molecule has 0 aromatic heterocycles. The standard InChI is InChI=1S/C9H14O3/c1-9(8(11)12-2)5-3-4-7(10)6-9/h3-6H2,1-2H3. The Morgan fingerprint density at radius 2 is 2.25 bits per heavy atom. The average Bonchev–Trinajstić information content (AvgIpc) is 2.02. The van der Waals surface area contributed by atoms with Gasteiger partial charge in [-0.15, -0.1) is 0 Å². The van der Waals surface area contributed by atoms with E-state index in [0.29, 0.717) is 12.8 Å². The first-order chi connectivity index (χ1) is 5.58. The molecule has 3 nitrogen and oxygen atoms in total. The van der Waals surface area contributed by atoms with Gasteiger partial charge in [-0.25, -0.2) is 0 Å². The second kappa shape index (κ2) is 3.25. The summed E-state index contributed by atoms with van der Waals surface area (Å²) in [6.45, 7) is 1.80. The smallest absolute Gasteiger partial charge is 0.311 e. The summed E-state index contributed by atoms with van der Waals surface area (Å²) >= 11 is 0. The van der Waals surface area contributed by atoms with Gasteiger partial charge in [0.2, 0.25) is 0 Å². The Hall–Kier alpha value is -0.860. The number of hydrogen-bond acceptors (Lipinski definition) is 3. The Morgan fingerprint density at radius 1 is 1.58 bits per heavy atom. The van der Waals surface area contributed by atoms with Crippen molar-refractivity contribution in [2.75, 3.05) is 7.11 Å². The van der Waals surface area contributed by atoms with Crippen LogP contribution in [0.1, 0.15) is 32.6 Å². The number of esters is 1. The van der Waals surface area contributed by atoms with Crippen LogP contribution >= 0.6 is 0 Å². The van der Waals surface area contributed by atoms with Gasteiger partial charge in [0.05, 0.1) is 12.5 Å². The predicted octanol–water partition coefficient (Wildman–Crippen LogP) is 1.31. The van der Waals surface area contributed by atoms with Gasteiger partial charge in [0.25, 0.3) is 0 Å². The van der Waals surface area contributed by atoms with Crippen molar-refractivity contribution < 1.29 is 14.3 Å². The molecule has 0 saturated heterocycles. The Balaban J connectivity index is 2.69. The zero-order chi connectivity index (χ0) is 9.19. The van der Waals surface area contributed by atoms with E-state index in [1.165, 1.54) is 7.11 Å². The molecule has 0 aromatic carbocycles. The van der Waals surface area contributed by atoms with E-state index in [-0.39, 0.29) is 11.8 Å². The third-order valence-corrected chi connectivity index (χ3v) is 2.45. The van der Waals surface area contributed by atoms with Crippen LogP contribution in [0.15, 0.2) is 0 Å². The van der Waals surface area contributed by atoms with Crippen molar-refractivity contribution in [2.45, 2.75) is 32.6 Å². The van der Waals surface area contributed by atoms with Gasteiger partial charge in [-0.2, -0.15) is 0 Å². The van der Waals surface area contributed by atoms with Gasteiger partial charge in [-0.1, -0.05) is 0 Å². The van der Waals surface area contributed by atoms with E-state index in [4.69, 9.17) is 0 Å². The minimum atomic E-state index is -0.552. The molecule has 0 amide bonds. The molecule has 0 N–H and O–H groups in total. The number of rotatable bonds is 1. The highest BCUT2D eigenvalue weighted by Crippen LogP contribution is 2.34. The monoisotopic (exact) mass is 170 g/mol. The maximum Gasteiger partial charge on any atom is 0.311 e. The number of hydrogen-bond donors (Lipinski definition) is 0. The van der Waals surface area contributed by atoms with Crippen LogP contribution in [0.25, 0.3) is 0 Å². The molecule has 12 heavy (non-hydrogen) atoms. The average molecular weight is 170 g/mol. The fraction of sp³-hybridized carbons (Fsp3) is 0.778. The van der Waals surface area contributed by atoms with Crippen LogP contribution in [0.5, 0.6) is 0 Å². The van der Waals surface area contributed by atoms with Gasteiger partial charge in [0.15, 0.2) is 0 Å². The number of methoxy groups -OCH3 is 1. The van der Waals surface area contributed by atoms with Crippen molar-refractivity contribution >= 4 is 11.8 Å². The fourth-order valence-electron chi connectivity index (χ4n) is 1.71. The van der Waals surface area contributed by atoms with Crippen LogP contribution in [-0.4, -0.2) is 18.9 Å². The highest BCUT2D eigenvalue weighted by atomic mass is 16.5. The first-order valence-corrected chi connectivity index (χ1v) is 4.18. The zero-order valence-electron chi connectivity index (χ0n) is 7.55. The fourth-order valence-corrected chi connectivity index (χ4v) is 1.71. The Labute approximate surface area is 72.1 Å². The lowest BCUT2D eigenvalue weighted by Crippen LogP contribution is -2.34. The van der Waals surface area contributed by atoms with Crippen LogP contribution < -0.4 is 0 Å². The van der Waals surface area contributed by atoms with Gasteiger partial charge >= 0.3 is 5.97 Å². The van der Waals surface area contributed by atoms with Crippen LogP contribution in [0.3, 0.4) is 0 Å². The third kappa shape index (κ3) is 1.65. The molecular formula is C9H14O3. The molecule has 0 radical (unpaired) electrons. The van der Waals surface area contributed by atoms with Crippen molar-refractivity contribution in [1.82, 2.24) is 0 Å². The first kappa shape index (κ1) is 9.23. The number of Topliss-reactive ketones (excluding diaryl/α,β-unsaturated/α-hetero) is 1. The van der Waals surface area contributed by atoms with Crippen molar-refractivity contribution in [2.24, 2.45) is 5.41 Å².